The van der Waals surface area contributed by atoms with Crippen LogP contribution in [-0.2, 0) is 18.1 Å². The van der Waals surface area contributed by atoms with Crippen molar-refractivity contribution in [3.8, 4) is 0 Å². The molecule has 0 saturated heterocycles. The lowest BCUT2D eigenvalue weighted by atomic mass is 10.00. The Morgan fingerprint density at radius 1 is 0.583 bits per heavy atom. The maximum Gasteiger partial charge on any atom is 0.571 e. The Morgan fingerprint density at radius 2 is 1.08 bits per heavy atom. The minimum atomic E-state index is -4.11. The van der Waals surface area contributed by atoms with Gasteiger partial charge in [0.25, 0.3) is 0 Å². The lowest BCUT2D eigenvalue weighted by molar-refractivity contribution is 0.148. The predicted molar refractivity (Wildman–Crippen MR) is 190 cm³/mol. The Morgan fingerprint density at radius 3 is 1.67 bits per heavy atom. The zero-order valence-electron chi connectivity index (χ0n) is 27.3. The van der Waals surface area contributed by atoms with E-state index in [-0.39, 0.29) is 13.2 Å². The second-order valence-electron chi connectivity index (χ2n) is 12.4. The average Bonchev–Trinajstić information content (AvgIpc) is 3.73. The normalized spacial score (nSPS) is 14.5. The maximum absolute atomic E-state index is 14.8. The summed E-state index contributed by atoms with van der Waals surface area (Å²) in [6, 6.07) is 24.0. The number of rotatable bonds is 14. The molecule has 0 aliphatic carbocycles. The fraction of sp³-hybridized carbons (Fsp3) is 0.333. The summed E-state index contributed by atoms with van der Waals surface area (Å²) in [6.45, 7) is 4.86. The molecule has 0 fully saturated rings. The summed E-state index contributed by atoms with van der Waals surface area (Å²) in [4.78, 5) is 20.6. The number of hydrogen-bond donors (Lipinski definition) is 0. The smallest absolute Gasteiger partial charge is 0.307 e. The molecule has 244 valence electrons. The summed E-state index contributed by atoms with van der Waals surface area (Å²) >= 11 is 0. The molecule has 0 spiro atoms. The number of aromatic nitrogens is 2. The molecule has 12 heteroatoms. The first kappa shape index (κ1) is 31.1. The van der Waals surface area contributed by atoms with Crippen LogP contribution in [0.5, 0.6) is 0 Å². The number of amidine groups is 2. The highest BCUT2D eigenvalue weighted by Gasteiger charge is 2.44. The van der Waals surface area contributed by atoms with Crippen molar-refractivity contribution in [2.75, 3.05) is 13.2 Å². The van der Waals surface area contributed by atoms with Crippen LogP contribution in [0.15, 0.2) is 92.8 Å². The van der Waals surface area contributed by atoms with Crippen molar-refractivity contribution < 1.29 is 18.1 Å². The summed E-state index contributed by atoms with van der Waals surface area (Å²) in [6.07, 6.45) is 7.81. The van der Waals surface area contributed by atoms with Gasteiger partial charge in [-0.05, 0) is 12.8 Å². The Hall–Kier alpha value is -4.15. The fourth-order valence-electron chi connectivity index (χ4n) is 6.74. The van der Waals surface area contributed by atoms with Crippen molar-refractivity contribution in [1.29, 1.82) is 0 Å². The van der Waals surface area contributed by atoms with Gasteiger partial charge < -0.3 is 13.4 Å². The molecule has 2 aromatic heterocycles. The Balaban J connectivity index is 1.36. The van der Waals surface area contributed by atoms with Gasteiger partial charge in [-0.2, -0.15) is 0 Å². The van der Waals surface area contributed by atoms with E-state index in [1.807, 2.05) is 81.8 Å². The van der Waals surface area contributed by atoms with E-state index >= 15 is 0 Å². The summed E-state index contributed by atoms with van der Waals surface area (Å²) in [5.74, 6) is 2.34. The summed E-state index contributed by atoms with van der Waals surface area (Å²) in [5, 5.41) is 3.55. The number of nitrogens with zero attached hydrogens (tertiary/aromatic N) is 6. The van der Waals surface area contributed by atoms with Gasteiger partial charge in [-0.3, -0.25) is 9.05 Å². The van der Waals surface area contributed by atoms with Gasteiger partial charge in [-0.1, -0.05) is 125 Å². The number of phosphoric ester groups is 1. The second kappa shape index (κ2) is 13.0. The molecule has 8 rings (SSSR count). The third kappa shape index (κ3) is 5.39. The molecule has 10 nitrogen and oxygen atoms in total. The van der Waals surface area contributed by atoms with Gasteiger partial charge in [-0.25, -0.2) is 24.5 Å². The molecule has 5 heterocycles. The number of fused-ring (bicyclic) bond motifs is 10. The molecule has 0 radical (unpaired) electrons. The SMILES string of the molecule is CCCCCCOP(=O)(OCCCCCC)OB1n2c3c4ccccc4c2N=c2c4ccccc4c(n21)=NC1=NC(=N3)c2ccccc21. The van der Waals surface area contributed by atoms with Gasteiger partial charge in [0.1, 0.15) is 22.6 Å². The number of unbranched alkanes of at least 4 members (excludes halogenated alkanes) is 6. The van der Waals surface area contributed by atoms with Gasteiger partial charge >= 0.3 is 15.0 Å². The van der Waals surface area contributed by atoms with Gasteiger partial charge in [0.15, 0.2) is 11.7 Å². The van der Waals surface area contributed by atoms with E-state index in [0.717, 1.165) is 84.0 Å². The van der Waals surface area contributed by atoms with Crippen LogP contribution < -0.4 is 11.0 Å². The molecule has 0 atom stereocenters. The van der Waals surface area contributed by atoms with Crippen molar-refractivity contribution in [1.82, 2.24) is 8.96 Å². The summed E-state index contributed by atoms with van der Waals surface area (Å²) in [7, 11) is -5.14. The molecule has 3 aliphatic rings. The first-order valence-corrected chi connectivity index (χ1v) is 18.6. The molecule has 0 N–H and O–H groups in total. The first-order valence-electron chi connectivity index (χ1n) is 17.1. The molecule has 4 bridgehead atoms. The van der Waals surface area contributed by atoms with Crippen LogP contribution in [0.2, 0.25) is 0 Å². The van der Waals surface area contributed by atoms with E-state index in [0.29, 0.717) is 34.3 Å². The Labute approximate surface area is 279 Å². The van der Waals surface area contributed by atoms with Crippen molar-refractivity contribution in [2.24, 2.45) is 20.0 Å². The quantitative estimate of drug-likeness (QED) is 0.0683. The van der Waals surface area contributed by atoms with E-state index in [9.17, 15) is 4.57 Å². The average molecular weight is 661 g/mol. The predicted octanol–water partition coefficient (Wildman–Crippen LogP) is 8.03. The molecule has 0 saturated carbocycles. The van der Waals surface area contributed by atoms with E-state index in [2.05, 4.69) is 13.8 Å². The zero-order chi connectivity index (χ0) is 32.7. The van der Waals surface area contributed by atoms with Gasteiger partial charge in [-0.15, -0.1) is 0 Å². The van der Waals surface area contributed by atoms with Crippen LogP contribution in [-0.4, -0.2) is 41.0 Å². The van der Waals surface area contributed by atoms with Crippen LogP contribution in [0.1, 0.15) is 76.3 Å². The van der Waals surface area contributed by atoms with E-state index in [1.165, 1.54) is 0 Å². The molecular formula is C36H38BN6O4P. The lowest BCUT2D eigenvalue weighted by Crippen LogP contribution is -2.50. The minimum absolute atomic E-state index is 0.267. The molecular weight excluding hydrogens is 622 g/mol. The van der Waals surface area contributed by atoms with E-state index < -0.39 is 15.0 Å². The number of benzene rings is 3. The molecule has 0 amide bonds. The van der Waals surface area contributed by atoms with Gasteiger partial charge in [0.05, 0.1) is 13.2 Å². The number of aliphatic imine (C=N–C) groups is 2. The fourth-order valence-corrected chi connectivity index (χ4v) is 8.06. The second-order valence-corrected chi connectivity index (χ2v) is 14.1. The largest absolute Gasteiger partial charge is 0.571 e. The third-order valence-corrected chi connectivity index (χ3v) is 10.6. The van der Waals surface area contributed by atoms with Crippen molar-refractivity contribution >= 4 is 59.9 Å². The van der Waals surface area contributed by atoms with Gasteiger partial charge in [0.2, 0.25) is 0 Å². The van der Waals surface area contributed by atoms with Crippen molar-refractivity contribution in [2.45, 2.75) is 65.2 Å². The number of phosphoric acid groups is 1. The van der Waals surface area contributed by atoms with E-state index in [4.69, 9.17) is 33.5 Å². The highest BCUT2D eigenvalue weighted by atomic mass is 31.2. The topological polar surface area (TPSA) is 104 Å². The maximum atomic E-state index is 14.8. The Kier molecular flexibility index (Phi) is 8.47. The molecule has 5 aromatic rings. The summed E-state index contributed by atoms with van der Waals surface area (Å²) < 4.78 is 37.6. The Bertz CT molecular complexity index is 2260. The number of hydrogen-bond acceptors (Lipinski definition) is 8. The van der Waals surface area contributed by atoms with Crippen molar-refractivity contribution in [3.63, 3.8) is 0 Å². The van der Waals surface area contributed by atoms with Gasteiger partial charge in [0, 0.05) is 32.7 Å². The minimum Gasteiger partial charge on any atom is -0.307 e. The zero-order valence-corrected chi connectivity index (χ0v) is 28.2. The van der Waals surface area contributed by atoms with Crippen LogP contribution >= 0.6 is 7.82 Å². The molecule has 48 heavy (non-hydrogen) atoms. The molecule has 3 aliphatic heterocycles. The third-order valence-electron chi connectivity index (χ3n) is 9.15. The van der Waals surface area contributed by atoms with E-state index in [1.54, 1.807) is 0 Å². The highest BCUT2D eigenvalue weighted by Crippen LogP contribution is 2.52. The van der Waals surface area contributed by atoms with Crippen LogP contribution in [0.3, 0.4) is 0 Å². The lowest BCUT2D eigenvalue weighted by Gasteiger charge is -2.26. The summed E-state index contributed by atoms with van der Waals surface area (Å²) in [5.41, 5.74) is 3.03. The monoisotopic (exact) mass is 660 g/mol. The van der Waals surface area contributed by atoms with Crippen LogP contribution in [0, 0.1) is 0 Å². The van der Waals surface area contributed by atoms with Crippen LogP contribution in [0.25, 0.3) is 21.5 Å². The highest BCUT2D eigenvalue weighted by molar-refractivity contribution is 7.49. The van der Waals surface area contributed by atoms with Crippen LogP contribution in [0.4, 0.5) is 11.6 Å². The standard InChI is InChI=1S/C36H38BN6O4P/c1-3-5-7-15-23-45-48(44,46-24-16-8-6-4-2)47-37-42-33-27-19-11-13-21-29(27)35(42)41-36-30-22-14-12-20-28(30)34(43(36)37)40-32-26-18-10-9-17-25(26)31(38-32)39-33/h9-14,17-22H,3-8,15-16,23-24H2,1-2H3. The van der Waals surface area contributed by atoms with Crippen molar-refractivity contribution in [3.05, 3.63) is 94.9 Å². The first-order chi connectivity index (χ1) is 23.6. The molecule has 3 aromatic carbocycles. The molecule has 0 unspecified atom stereocenters.